The molecule has 3 nitrogen and oxygen atoms in total. The van der Waals surface area contributed by atoms with Gasteiger partial charge in [-0.3, -0.25) is 4.79 Å². The highest BCUT2D eigenvalue weighted by Gasteiger charge is 2.10. The van der Waals surface area contributed by atoms with Crippen molar-refractivity contribution in [3.8, 4) is 0 Å². The zero-order chi connectivity index (χ0) is 15.0. The number of halogens is 1. The molecule has 1 amide bonds. The Bertz CT molecular complexity index is 819. The number of fused-ring (bicyclic) bond motifs is 1. The van der Waals surface area contributed by atoms with Gasteiger partial charge in [-0.1, -0.05) is 0 Å². The number of H-pyrrole nitrogens is 1. The lowest BCUT2D eigenvalue weighted by atomic mass is 10.1. The second-order valence-corrected chi connectivity index (χ2v) is 6.86. The van der Waals surface area contributed by atoms with Crippen LogP contribution in [0.3, 0.4) is 0 Å². The van der Waals surface area contributed by atoms with E-state index in [1.54, 1.807) is 11.3 Å². The third-order valence-electron chi connectivity index (χ3n) is 3.67. The molecular weight excluding hydrogens is 348 g/mol. The van der Waals surface area contributed by atoms with Crippen LogP contribution in [0.15, 0.2) is 34.1 Å². The van der Waals surface area contributed by atoms with E-state index in [0.29, 0.717) is 12.1 Å². The molecule has 1 aromatic carbocycles. The summed E-state index contributed by atoms with van der Waals surface area (Å²) in [6.45, 7) is 4.66. The topological polar surface area (TPSA) is 44.9 Å². The predicted molar refractivity (Wildman–Crippen MR) is 91.0 cm³/mol. The lowest BCUT2D eigenvalue weighted by Gasteiger charge is -2.05. The van der Waals surface area contributed by atoms with Crippen LogP contribution in [-0.4, -0.2) is 10.9 Å². The first-order valence-electron chi connectivity index (χ1n) is 6.65. The molecule has 0 aliphatic carbocycles. The second kappa shape index (κ2) is 5.66. The van der Waals surface area contributed by atoms with Crippen molar-refractivity contribution in [1.82, 2.24) is 10.3 Å². The van der Waals surface area contributed by atoms with Crippen molar-refractivity contribution >= 4 is 44.1 Å². The van der Waals surface area contributed by atoms with E-state index in [4.69, 9.17) is 0 Å². The zero-order valence-electron chi connectivity index (χ0n) is 11.8. The molecule has 0 unspecified atom stereocenters. The molecule has 0 fully saturated rings. The number of hydrogen-bond acceptors (Lipinski definition) is 2. The summed E-state index contributed by atoms with van der Waals surface area (Å²) in [7, 11) is 0. The van der Waals surface area contributed by atoms with Gasteiger partial charge in [0.1, 0.15) is 0 Å². The van der Waals surface area contributed by atoms with E-state index >= 15 is 0 Å². The van der Waals surface area contributed by atoms with Crippen molar-refractivity contribution in [3.05, 3.63) is 55.8 Å². The molecule has 0 spiro atoms. The number of thiophene rings is 1. The number of hydrogen-bond donors (Lipinski definition) is 2. The van der Waals surface area contributed by atoms with Gasteiger partial charge in [-0.25, -0.2) is 0 Å². The molecule has 3 aromatic rings. The van der Waals surface area contributed by atoms with E-state index in [9.17, 15) is 4.79 Å². The second-order valence-electron chi connectivity index (χ2n) is 5.01. The minimum Gasteiger partial charge on any atom is -0.358 e. The van der Waals surface area contributed by atoms with Gasteiger partial charge in [-0.05, 0) is 65.0 Å². The average Bonchev–Trinajstić information content (AvgIpc) is 3.01. The van der Waals surface area contributed by atoms with E-state index in [-0.39, 0.29) is 5.91 Å². The Morgan fingerprint density at radius 1 is 1.33 bits per heavy atom. The standard InChI is InChI=1S/C16H15BrN2OS/c1-9-10(2)19-14-4-3-11(7-12(9)14)16(20)18-8-15-13(17)5-6-21-15/h3-7,19H,8H2,1-2H3,(H,18,20). The van der Waals surface area contributed by atoms with Gasteiger partial charge in [-0.15, -0.1) is 11.3 Å². The number of carbonyl (C=O) groups excluding carboxylic acids is 1. The van der Waals surface area contributed by atoms with Crippen LogP contribution in [0.4, 0.5) is 0 Å². The Balaban J connectivity index is 1.81. The summed E-state index contributed by atoms with van der Waals surface area (Å²) in [5.41, 5.74) is 4.10. The van der Waals surface area contributed by atoms with Crippen molar-refractivity contribution in [2.24, 2.45) is 0 Å². The van der Waals surface area contributed by atoms with Crippen LogP contribution >= 0.6 is 27.3 Å². The van der Waals surface area contributed by atoms with Gasteiger partial charge in [0.25, 0.3) is 5.91 Å². The van der Waals surface area contributed by atoms with Crippen LogP contribution in [0.25, 0.3) is 10.9 Å². The van der Waals surface area contributed by atoms with Crippen LogP contribution in [0, 0.1) is 13.8 Å². The number of amides is 1. The third-order valence-corrected chi connectivity index (χ3v) is 5.60. The summed E-state index contributed by atoms with van der Waals surface area (Å²) in [6.07, 6.45) is 0. The molecule has 0 saturated carbocycles. The summed E-state index contributed by atoms with van der Waals surface area (Å²) in [4.78, 5) is 16.7. The minimum absolute atomic E-state index is 0.0459. The molecule has 3 rings (SSSR count). The summed E-state index contributed by atoms with van der Waals surface area (Å²) >= 11 is 5.10. The van der Waals surface area contributed by atoms with Crippen LogP contribution in [0.2, 0.25) is 0 Å². The molecule has 0 bridgehead atoms. The van der Waals surface area contributed by atoms with Gasteiger partial charge in [-0.2, -0.15) is 0 Å². The number of aromatic nitrogens is 1. The van der Waals surface area contributed by atoms with E-state index in [1.165, 1.54) is 5.56 Å². The molecular formula is C16H15BrN2OS. The summed E-state index contributed by atoms with van der Waals surface area (Å²) in [5, 5.41) is 6.08. The minimum atomic E-state index is -0.0459. The van der Waals surface area contributed by atoms with Crippen molar-refractivity contribution in [2.75, 3.05) is 0 Å². The molecule has 5 heteroatoms. The lowest BCUT2D eigenvalue weighted by Crippen LogP contribution is -2.22. The highest BCUT2D eigenvalue weighted by atomic mass is 79.9. The Morgan fingerprint density at radius 2 is 2.14 bits per heavy atom. The van der Waals surface area contributed by atoms with E-state index in [0.717, 1.165) is 25.9 Å². The Labute approximate surface area is 135 Å². The Hall–Kier alpha value is -1.59. The van der Waals surface area contributed by atoms with Gasteiger partial charge in [0, 0.05) is 31.5 Å². The number of benzene rings is 1. The molecule has 2 N–H and O–H groups in total. The summed E-state index contributed by atoms with van der Waals surface area (Å²) < 4.78 is 1.04. The van der Waals surface area contributed by atoms with Crippen LogP contribution in [0.5, 0.6) is 0 Å². The van der Waals surface area contributed by atoms with Crippen LogP contribution < -0.4 is 5.32 Å². The molecule has 21 heavy (non-hydrogen) atoms. The number of aryl methyl sites for hydroxylation is 2. The Morgan fingerprint density at radius 3 is 2.86 bits per heavy atom. The fourth-order valence-electron chi connectivity index (χ4n) is 2.32. The fourth-order valence-corrected chi connectivity index (χ4v) is 3.75. The third kappa shape index (κ3) is 2.76. The van der Waals surface area contributed by atoms with Gasteiger partial charge >= 0.3 is 0 Å². The molecule has 0 saturated heterocycles. The SMILES string of the molecule is Cc1[nH]c2ccc(C(=O)NCc3sccc3Br)cc2c1C. The zero-order valence-corrected chi connectivity index (χ0v) is 14.2. The average molecular weight is 363 g/mol. The van der Waals surface area contributed by atoms with Gasteiger partial charge < -0.3 is 10.3 Å². The lowest BCUT2D eigenvalue weighted by molar-refractivity contribution is 0.0951. The molecule has 108 valence electrons. The van der Waals surface area contributed by atoms with Gasteiger partial charge in [0.15, 0.2) is 0 Å². The van der Waals surface area contributed by atoms with Crippen LogP contribution in [0.1, 0.15) is 26.5 Å². The van der Waals surface area contributed by atoms with Gasteiger partial charge in [0.2, 0.25) is 0 Å². The quantitative estimate of drug-likeness (QED) is 0.705. The molecule has 2 heterocycles. The highest BCUT2D eigenvalue weighted by molar-refractivity contribution is 9.10. The number of rotatable bonds is 3. The maximum absolute atomic E-state index is 12.3. The Kier molecular flexibility index (Phi) is 3.87. The smallest absolute Gasteiger partial charge is 0.251 e. The molecule has 0 atom stereocenters. The first kappa shape index (κ1) is 14.4. The molecule has 0 aliphatic rings. The monoisotopic (exact) mass is 362 g/mol. The highest BCUT2D eigenvalue weighted by Crippen LogP contribution is 2.24. The van der Waals surface area contributed by atoms with E-state index in [1.807, 2.05) is 36.6 Å². The van der Waals surface area contributed by atoms with Crippen molar-refractivity contribution in [3.63, 3.8) is 0 Å². The maximum atomic E-state index is 12.3. The summed E-state index contributed by atoms with van der Waals surface area (Å²) in [6, 6.07) is 7.76. The van der Waals surface area contributed by atoms with Gasteiger partial charge in [0.05, 0.1) is 6.54 Å². The number of aromatic amines is 1. The predicted octanol–water partition coefficient (Wildman–Crippen LogP) is 4.54. The largest absolute Gasteiger partial charge is 0.358 e. The normalized spacial score (nSPS) is 11.0. The molecule has 0 aliphatic heterocycles. The van der Waals surface area contributed by atoms with Crippen molar-refractivity contribution < 1.29 is 4.79 Å². The molecule has 2 aromatic heterocycles. The summed E-state index contributed by atoms with van der Waals surface area (Å²) in [5.74, 6) is -0.0459. The van der Waals surface area contributed by atoms with Crippen molar-refractivity contribution in [1.29, 1.82) is 0 Å². The first-order valence-corrected chi connectivity index (χ1v) is 8.32. The van der Waals surface area contributed by atoms with Crippen LogP contribution in [-0.2, 0) is 6.54 Å². The molecule has 0 radical (unpaired) electrons. The first-order chi connectivity index (χ1) is 10.1. The maximum Gasteiger partial charge on any atom is 0.251 e. The number of carbonyl (C=O) groups is 1. The fraction of sp³-hybridized carbons (Fsp3) is 0.188. The van der Waals surface area contributed by atoms with Crippen molar-refractivity contribution in [2.45, 2.75) is 20.4 Å². The van der Waals surface area contributed by atoms with E-state index in [2.05, 4.69) is 33.2 Å². The number of nitrogens with one attached hydrogen (secondary N) is 2. The van der Waals surface area contributed by atoms with E-state index < -0.39 is 0 Å².